The molecule has 10 heavy (non-hydrogen) atoms. The second-order valence-corrected chi connectivity index (χ2v) is 2.29. The van der Waals surface area contributed by atoms with E-state index in [2.05, 4.69) is 0 Å². The Hall–Kier alpha value is -1.12. The normalized spacial score (nSPS) is 10.7. The van der Waals surface area contributed by atoms with Crippen molar-refractivity contribution in [2.45, 2.75) is 13.8 Å². The summed E-state index contributed by atoms with van der Waals surface area (Å²) in [6, 6.07) is 0. The number of hydrogen-bond donors (Lipinski definition) is 1. The summed E-state index contributed by atoms with van der Waals surface area (Å²) in [7, 11) is 0. The molecule has 0 aromatic rings. The molecular weight excluding hydrogens is 130 g/mol. The predicted molar refractivity (Wildman–Crippen MR) is 38.2 cm³/mol. The molecular formula is C7H11NO2. The van der Waals surface area contributed by atoms with Gasteiger partial charge in [0.15, 0.2) is 5.78 Å². The van der Waals surface area contributed by atoms with Crippen LogP contribution in [-0.4, -0.2) is 11.7 Å². The maximum absolute atomic E-state index is 10.8. The highest BCUT2D eigenvalue weighted by atomic mass is 16.1. The topological polar surface area (TPSA) is 60.2 Å². The van der Waals surface area contributed by atoms with Crippen molar-refractivity contribution in [3.05, 3.63) is 12.2 Å². The molecule has 56 valence electrons. The standard InChI is InChI=1S/C7H11NO2/c1-5(2)6(9)3-4-7(8)10/h3-5H,1-2H3,(H2,8,10)/b4-3+. The summed E-state index contributed by atoms with van der Waals surface area (Å²) in [4.78, 5) is 20.9. The van der Waals surface area contributed by atoms with Crippen molar-refractivity contribution < 1.29 is 9.59 Å². The van der Waals surface area contributed by atoms with Crippen LogP contribution in [0.2, 0.25) is 0 Å². The molecule has 0 spiro atoms. The molecule has 0 fully saturated rings. The number of nitrogens with two attached hydrogens (primary N) is 1. The Morgan fingerprint density at radius 2 is 1.80 bits per heavy atom. The molecule has 0 bridgehead atoms. The molecule has 0 aliphatic heterocycles. The van der Waals surface area contributed by atoms with Gasteiger partial charge in [-0.1, -0.05) is 13.8 Å². The van der Waals surface area contributed by atoms with Gasteiger partial charge in [-0.15, -0.1) is 0 Å². The van der Waals surface area contributed by atoms with Crippen molar-refractivity contribution in [3.8, 4) is 0 Å². The van der Waals surface area contributed by atoms with Gasteiger partial charge in [-0.3, -0.25) is 9.59 Å². The number of hydrogen-bond acceptors (Lipinski definition) is 2. The fraction of sp³-hybridized carbons (Fsp3) is 0.429. The number of carbonyl (C=O) groups excluding carboxylic acids is 2. The number of carbonyl (C=O) groups is 2. The van der Waals surface area contributed by atoms with Crippen LogP contribution >= 0.6 is 0 Å². The quantitative estimate of drug-likeness (QED) is 0.573. The van der Waals surface area contributed by atoms with Crippen LogP contribution < -0.4 is 5.73 Å². The van der Waals surface area contributed by atoms with Crippen LogP contribution in [0.25, 0.3) is 0 Å². The molecule has 0 radical (unpaired) electrons. The Morgan fingerprint density at radius 1 is 1.30 bits per heavy atom. The summed E-state index contributed by atoms with van der Waals surface area (Å²) in [6.45, 7) is 3.52. The van der Waals surface area contributed by atoms with Crippen molar-refractivity contribution in [2.24, 2.45) is 11.7 Å². The van der Waals surface area contributed by atoms with E-state index in [1.165, 1.54) is 6.08 Å². The lowest BCUT2D eigenvalue weighted by Gasteiger charge is -1.94. The third-order valence-corrected chi connectivity index (χ3v) is 0.981. The molecule has 0 aromatic carbocycles. The molecule has 0 unspecified atom stereocenters. The highest BCUT2D eigenvalue weighted by Crippen LogP contribution is 1.94. The van der Waals surface area contributed by atoms with Gasteiger partial charge < -0.3 is 5.73 Å². The summed E-state index contributed by atoms with van der Waals surface area (Å²) in [5.74, 6) is -0.747. The van der Waals surface area contributed by atoms with Crippen LogP contribution in [0.3, 0.4) is 0 Å². The molecule has 3 nitrogen and oxygen atoms in total. The second-order valence-electron chi connectivity index (χ2n) is 2.29. The molecule has 0 rings (SSSR count). The van der Waals surface area contributed by atoms with Gasteiger partial charge in [0.2, 0.25) is 5.91 Å². The summed E-state index contributed by atoms with van der Waals surface area (Å²) >= 11 is 0. The van der Waals surface area contributed by atoms with Crippen LogP contribution in [-0.2, 0) is 9.59 Å². The fourth-order valence-corrected chi connectivity index (χ4v) is 0.357. The summed E-state index contributed by atoms with van der Waals surface area (Å²) in [6.07, 6.45) is 2.27. The fourth-order valence-electron chi connectivity index (χ4n) is 0.357. The first-order chi connectivity index (χ1) is 4.54. The smallest absolute Gasteiger partial charge is 0.241 e. The minimum absolute atomic E-state index is 0.0735. The average Bonchev–Trinajstić information content (AvgIpc) is 1.82. The lowest BCUT2D eigenvalue weighted by molar-refractivity contribution is -0.118. The monoisotopic (exact) mass is 141 g/mol. The molecule has 3 heteroatoms. The molecule has 0 aliphatic rings. The molecule has 0 aromatic heterocycles. The van der Waals surface area contributed by atoms with Crippen molar-refractivity contribution in [1.29, 1.82) is 0 Å². The first-order valence-electron chi connectivity index (χ1n) is 3.05. The van der Waals surface area contributed by atoms with Crippen LogP contribution in [0.4, 0.5) is 0 Å². The Bertz CT molecular complexity index is 170. The highest BCUT2D eigenvalue weighted by Gasteiger charge is 2.01. The molecule has 2 N–H and O–H groups in total. The van der Waals surface area contributed by atoms with E-state index in [9.17, 15) is 9.59 Å². The van der Waals surface area contributed by atoms with E-state index in [-0.39, 0.29) is 11.7 Å². The van der Waals surface area contributed by atoms with Gasteiger partial charge >= 0.3 is 0 Å². The van der Waals surface area contributed by atoms with Gasteiger partial charge in [0, 0.05) is 12.0 Å². The zero-order valence-electron chi connectivity index (χ0n) is 6.13. The Kier molecular flexibility index (Phi) is 3.39. The number of ketones is 1. The van der Waals surface area contributed by atoms with E-state index in [1.54, 1.807) is 13.8 Å². The van der Waals surface area contributed by atoms with E-state index in [0.717, 1.165) is 6.08 Å². The Balaban J connectivity index is 3.90. The number of amides is 1. The third-order valence-electron chi connectivity index (χ3n) is 0.981. The lowest BCUT2D eigenvalue weighted by Crippen LogP contribution is -2.08. The maximum Gasteiger partial charge on any atom is 0.241 e. The highest BCUT2D eigenvalue weighted by molar-refractivity contribution is 5.97. The zero-order chi connectivity index (χ0) is 8.15. The minimum Gasteiger partial charge on any atom is -0.366 e. The van der Waals surface area contributed by atoms with Crippen molar-refractivity contribution in [3.63, 3.8) is 0 Å². The number of allylic oxidation sites excluding steroid dienone is 1. The molecule has 0 atom stereocenters. The van der Waals surface area contributed by atoms with Crippen LogP contribution in [0.1, 0.15) is 13.8 Å². The van der Waals surface area contributed by atoms with E-state index in [4.69, 9.17) is 5.73 Å². The summed E-state index contributed by atoms with van der Waals surface area (Å²) in [5.41, 5.74) is 4.76. The van der Waals surface area contributed by atoms with E-state index < -0.39 is 5.91 Å². The van der Waals surface area contributed by atoms with Gasteiger partial charge in [-0.05, 0) is 6.08 Å². The minimum atomic E-state index is -0.589. The lowest BCUT2D eigenvalue weighted by atomic mass is 10.1. The largest absolute Gasteiger partial charge is 0.366 e. The van der Waals surface area contributed by atoms with E-state index in [1.807, 2.05) is 0 Å². The van der Waals surface area contributed by atoms with Crippen LogP contribution in [0, 0.1) is 5.92 Å². The first kappa shape index (κ1) is 8.88. The van der Waals surface area contributed by atoms with E-state index >= 15 is 0 Å². The Morgan fingerprint density at radius 3 is 2.10 bits per heavy atom. The SMILES string of the molecule is CC(C)C(=O)/C=C/C(N)=O. The Labute approximate surface area is 59.9 Å². The summed E-state index contributed by atoms with van der Waals surface area (Å²) in [5, 5.41) is 0. The van der Waals surface area contributed by atoms with Gasteiger partial charge in [-0.2, -0.15) is 0 Å². The number of primary amides is 1. The van der Waals surface area contributed by atoms with Crippen LogP contribution in [0.15, 0.2) is 12.2 Å². The molecule has 0 aliphatic carbocycles. The maximum atomic E-state index is 10.8. The molecule has 1 amide bonds. The second kappa shape index (κ2) is 3.82. The zero-order valence-corrected chi connectivity index (χ0v) is 6.13. The van der Waals surface area contributed by atoms with Gasteiger partial charge in [0.25, 0.3) is 0 Å². The third kappa shape index (κ3) is 3.83. The van der Waals surface area contributed by atoms with Crippen molar-refractivity contribution >= 4 is 11.7 Å². The predicted octanol–water partition coefficient (Wildman–Crippen LogP) is 0.253. The van der Waals surface area contributed by atoms with Crippen LogP contribution in [0.5, 0.6) is 0 Å². The van der Waals surface area contributed by atoms with Gasteiger partial charge in [0.05, 0.1) is 0 Å². The number of rotatable bonds is 3. The average molecular weight is 141 g/mol. The van der Waals surface area contributed by atoms with Crippen molar-refractivity contribution in [1.82, 2.24) is 0 Å². The molecule has 0 heterocycles. The van der Waals surface area contributed by atoms with E-state index in [0.29, 0.717) is 0 Å². The van der Waals surface area contributed by atoms with Crippen molar-refractivity contribution in [2.75, 3.05) is 0 Å². The summed E-state index contributed by atoms with van der Waals surface area (Å²) < 4.78 is 0. The first-order valence-corrected chi connectivity index (χ1v) is 3.05. The van der Waals surface area contributed by atoms with Gasteiger partial charge in [-0.25, -0.2) is 0 Å². The molecule has 0 saturated heterocycles. The molecule has 0 saturated carbocycles. The van der Waals surface area contributed by atoms with Gasteiger partial charge in [0.1, 0.15) is 0 Å².